The third-order valence-corrected chi connectivity index (χ3v) is 2.85. The second-order valence-corrected chi connectivity index (χ2v) is 4.61. The topological polar surface area (TPSA) is 64.3 Å². The number of rotatable bonds is 7. The van der Waals surface area contributed by atoms with Crippen LogP contribution in [-0.4, -0.2) is 24.8 Å². The van der Waals surface area contributed by atoms with Gasteiger partial charge in [0.2, 0.25) is 5.91 Å². The summed E-state index contributed by atoms with van der Waals surface area (Å²) in [5.74, 6) is -0.265. The molecule has 0 saturated carbocycles. The monoisotopic (exact) mass is 304 g/mol. The number of hydrogen-bond acceptors (Lipinski definition) is 3. The largest absolute Gasteiger partial charge is 0.414 e. The zero-order valence-electron chi connectivity index (χ0n) is 11.7. The van der Waals surface area contributed by atoms with Crippen LogP contribution in [0.2, 0.25) is 0 Å². The first-order valence-electron chi connectivity index (χ1n) is 6.60. The highest BCUT2D eigenvalue weighted by molar-refractivity contribution is 5.90. The van der Waals surface area contributed by atoms with Gasteiger partial charge in [0, 0.05) is 25.3 Å². The fourth-order valence-corrected chi connectivity index (χ4v) is 1.53. The van der Waals surface area contributed by atoms with Gasteiger partial charge in [-0.25, -0.2) is 0 Å². The Kier molecular flexibility index (Phi) is 6.64. The van der Waals surface area contributed by atoms with Crippen molar-refractivity contribution in [3.63, 3.8) is 0 Å². The summed E-state index contributed by atoms with van der Waals surface area (Å²) in [6.45, 7) is 1.25. The van der Waals surface area contributed by atoms with Gasteiger partial charge in [0.15, 0.2) is 6.10 Å². The number of amides is 1. The molecule has 1 amide bonds. The minimum absolute atomic E-state index is 0.100. The van der Waals surface area contributed by atoms with Crippen molar-refractivity contribution in [2.24, 2.45) is 5.73 Å². The molecule has 1 aromatic rings. The van der Waals surface area contributed by atoms with Crippen LogP contribution < -0.4 is 11.1 Å². The Balaban J connectivity index is 2.25. The van der Waals surface area contributed by atoms with Gasteiger partial charge in [-0.3, -0.25) is 4.79 Å². The van der Waals surface area contributed by atoms with Crippen molar-refractivity contribution in [2.75, 3.05) is 11.9 Å². The maximum Gasteiger partial charge on any atom is 0.414 e. The maximum atomic E-state index is 12.2. The predicted octanol–water partition coefficient (Wildman–Crippen LogP) is 2.83. The lowest BCUT2D eigenvalue weighted by Crippen LogP contribution is -2.29. The van der Waals surface area contributed by atoms with E-state index in [0.717, 1.165) is 12.5 Å². The van der Waals surface area contributed by atoms with Gasteiger partial charge in [-0.1, -0.05) is 12.1 Å². The van der Waals surface area contributed by atoms with Gasteiger partial charge in [0.05, 0.1) is 0 Å². The third-order valence-electron chi connectivity index (χ3n) is 2.85. The van der Waals surface area contributed by atoms with Gasteiger partial charge >= 0.3 is 6.18 Å². The van der Waals surface area contributed by atoms with Gasteiger partial charge < -0.3 is 15.8 Å². The van der Waals surface area contributed by atoms with Crippen molar-refractivity contribution in [1.82, 2.24) is 0 Å². The SMILES string of the molecule is CC(OCCCC(=O)Nc1ccc(CN)cc1)C(F)(F)F. The molecule has 0 aliphatic heterocycles. The normalized spacial score (nSPS) is 13.0. The van der Waals surface area contributed by atoms with Crippen LogP contribution >= 0.6 is 0 Å². The smallest absolute Gasteiger partial charge is 0.369 e. The summed E-state index contributed by atoms with van der Waals surface area (Å²) in [6.07, 6.45) is -5.85. The van der Waals surface area contributed by atoms with Gasteiger partial charge in [0.1, 0.15) is 0 Å². The molecule has 118 valence electrons. The van der Waals surface area contributed by atoms with Crippen molar-refractivity contribution in [3.05, 3.63) is 29.8 Å². The van der Waals surface area contributed by atoms with Crippen LogP contribution in [0, 0.1) is 0 Å². The first-order valence-corrected chi connectivity index (χ1v) is 6.60. The summed E-state index contributed by atoms with van der Waals surface area (Å²) in [6, 6.07) is 7.04. The molecule has 1 rings (SSSR count). The molecule has 1 aromatic carbocycles. The highest BCUT2D eigenvalue weighted by Gasteiger charge is 2.36. The Morgan fingerprint density at radius 1 is 1.33 bits per heavy atom. The minimum atomic E-state index is -4.37. The molecule has 21 heavy (non-hydrogen) atoms. The van der Waals surface area contributed by atoms with Crippen molar-refractivity contribution in [1.29, 1.82) is 0 Å². The molecule has 0 saturated heterocycles. The molecule has 0 fully saturated rings. The second-order valence-electron chi connectivity index (χ2n) is 4.61. The second kappa shape index (κ2) is 7.99. The third kappa shape index (κ3) is 6.59. The van der Waals surface area contributed by atoms with Crippen LogP contribution in [-0.2, 0) is 16.1 Å². The number of ether oxygens (including phenoxy) is 1. The molecule has 0 heterocycles. The van der Waals surface area contributed by atoms with Crippen LogP contribution in [0.5, 0.6) is 0 Å². The Hall–Kier alpha value is -1.60. The van der Waals surface area contributed by atoms with Crippen LogP contribution in [0.4, 0.5) is 18.9 Å². The zero-order chi connectivity index (χ0) is 15.9. The standard InChI is InChI=1S/C14H19F3N2O2/c1-10(14(15,16)17)21-8-2-3-13(20)19-12-6-4-11(9-18)5-7-12/h4-7,10H,2-3,8-9,18H2,1H3,(H,19,20). The highest BCUT2D eigenvalue weighted by atomic mass is 19.4. The number of nitrogens with two attached hydrogens (primary N) is 1. The van der Waals surface area contributed by atoms with Crippen LogP contribution in [0.1, 0.15) is 25.3 Å². The molecule has 4 nitrogen and oxygen atoms in total. The van der Waals surface area contributed by atoms with Crippen LogP contribution in [0.15, 0.2) is 24.3 Å². The summed E-state index contributed by atoms with van der Waals surface area (Å²) in [5.41, 5.74) is 7.03. The van der Waals surface area contributed by atoms with Crippen LogP contribution in [0.3, 0.4) is 0 Å². The molecule has 0 bridgehead atoms. The summed E-state index contributed by atoms with van der Waals surface area (Å²) < 4.78 is 41.1. The number of benzene rings is 1. The van der Waals surface area contributed by atoms with Gasteiger partial charge in [-0.2, -0.15) is 13.2 Å². The first-order chi connectivity index (χ1) is 9.82. The Labute approximate surface area is 121 Å². The molecule has 0 spiro atoms. The van der Waals surface area contributed by atoms with E-state index < -0.39 is 12.3 Å². The number of carbonyl (C=O) groups excluding carboxylic acids is 1. The van der Waals surface area contributed by atoms with E-state index in [0.29, 0.717) is 12.2 Å². The summed E-state index contributed by atoms with van der Waals surface area (Å²) in [7, 11) is 0. The van der Waals surface area contributed by atoms with Crippen molar-refractivity contribution in [2.45, 2.75) is 38.6 Å². The summed E-state index contributed by atoms with van der Waals surface area (Å²) >= 11 is 0. The Morgan fingerprint density at radius 2 is 1.95 bits per heavy atom. The average molecular weight is 304 g/mol. The first kappa shape index (κ1) is 17.5. The molecular formula is C14H19F3N2O2. The predicted molar refractivity (Wildman–Crippen MR) is 73.7 cm³/mol. The quantitative estimate of drug-likeness (QED) is 0.761. The molecule has 0 aliphatic rings. The van der Waals surface area contributed by atoms with E-state index in [4.69, 9.17) is 5.73 Å². The molecule has 1 unspecified atom stereocenters. The Bertz CT molecular complexity index is 447. The molecule has 3 N–H and O–H groups in total. The molecule has 7 heteroatoms. The lowest BCUT2D eigenvalue weighted by Gasteiger charge is -2.16. The van der Waals surface area contributed by atoms with Gasteiger partial charge in [0.25, 0.3) is 0 Å². The molecule has 0 radical (unpaired) electrons. The van der Waals surface area contributed by atoms with E-state index in [1.807, 2.05) is 0 Å². The molecule has 1 atom stereocenters. The average Bonchev–Trinajstić information content (AvgIpc) is 2.43. The van der Waals surface area contributed by atoms with Gasteiger partial charge in [-0.05, 0) is 31.0 Å². The van der Waals surface area contributed by atoms with E-state index in [1.165, 1.54) is 0 Å². The number of anilines is 1. The summed E-state index contributed by atoms with van der Waals surface area (Å²) in [5, 5.41) is 2.65. The number of halogens is 3. The molecule has 0 aliphatic carbocycles. The summed E-state index contributed by atoms with van der Waals surface area (Å²) in [4.78, 5) is 11.6. The number of carbonyl (C=O) groups is 1. The lowest BCUT2D eigenvalue weighted by atomic mass is 10.2. The van der Waals surface area contributed by atoms with Crippen LogP contribution in [0.25, 0.3) is 0 Å². The van der Waals surface area contributed by atoms with E-state index in [2.05, 4.69) is 10.1 Å². The van der Waals surface area contributed by atoms with E-state index in [9.17, 15) is 18.0 Å². The fraction of sp³-hybridized carbons (Fsp3) is 0.500. The zero-order valence-corrected chi connectivity index (χ0v) is 11.7. The van der Waals surface area contributed by atoms with Crippen molar-refractivity contribution < 1.29 is 22.7 Å². The Morgan fingerprint density at radius 3 is 2.48 bits per heavy atom. The van der Waals surface area contributed by atoms with E-state index >= 15 is 0 Å². The van der Waals surface area contributed by atoms with Crippen molar-refractivity contribution in [3.8, 4) is 0 Å². The minimum Gasteiger partial charge on any atom is -0.369 e. The number of nitrogens with one attached hydrogen (secondary N) is 1. The molecular weight excluding hydrogens is 285 g/mol. The maximum absolute atomic E-state index is 12.2. The van der Waals surface area contributed by atoms with E-state index in [-0.39, 0.29) is 25.4 Å². The fourth-order valence-electron chi connectivity index (χ4n) is 1.53. The van der Waals surface area contributed by atoms with Gasteiger partial charge in [-0.15, -0.1) is 0 Å². The van der Waals surface area contributed by atoms with E-state index in [1.54, 1.807) is 24.3 Å². The van der Waals surface area contributed by atoms with Crippen molar-refractivity contribution >= 4 is 11.6 Å². The number of hydrogen-bond donors (Lipinski definition) is 2. The highest BCUT2D eigenvalue weighted by Crippen LogP contribution is 2.22. The lowest BCUT2D eigenvalue weighted by molar-refractivity contribution is -0.214. The number of alkyl halides is 3. The molecule has 0 aromatic heterocycles.